The van der Waals surface area contributed by atoms with E-state index in [1.807, 2.05) is 72.8 Å². The van der Waals surface area contributed by atoms with Gasteiger partial charge in [-0.15, -0.1) is 0 Å². The highest BCUT2D eigenvalue weighted by molar-refractivity contribution is 6.10. The molecule has 0 atom stereocenters. The van der Waals surface area contributed by atoms with Crippen molar-refractivity contribution in [1.29, 1.82) is 0 Å². The Kier molecular flexibility index (Phi) is 2.35. The molecular weight excluding hydrogens is 324 g/mol. The topological polar surface area (TPSA) is 43.0 Å². The zero-order valence-corrected chi connectivity index (χ0v) is 13.6. The van der Waals surface area contributed by atoms with Crippen molar-refractivity contribution >= 4 is 43.4 Å². The highest BCUT2D eigenvalue weighted by atomic mass is 16.2. The normalized spacial score (nSPS) is 12.2. The van der Waals surface area contributed by atoms with E-state index in [4.69, 9.17) is 0 Å². The first-order valence-electron chi connectivity index (χ1n) is 8.48. The molecule has 0 aliphatic rings. The zero-order valence-electron chi connectivity index (χ0n) is 13.6. The molecule has 4 nitrogen and oxygen atoms in total. The average Bonchev–Trinajstić information content (AvgIpc) is 3.15. The first-order chi connectivity index (χ1) is 12.8. The van der Waals surface area contributed by atoms with Crippen molar-refractivity contribution in [3.05, 3.63) is 93.5 Å². The van der Waals surface area contributed by atoms with E-state index in [2.05, 4.69) is 0 Å². The highest BCUT2D eigenvalue weighted by Gasteiger charge is 2.20. The standard InChI is InChI=1S/C22H12N2O2/c25-21-19-15-7-3-1-5-13(15)9-11-17(19)23-18-12-10-14-6-2-4-8-16(14)20(18)22(26)24(21)23/h1-12H. The lowest BCUT2D eigenvalue weighted by atomic mass is 10.1. The summed E-state index contributed by atoms with van der Waals surface area (Å²) < 4.78 is 3.03. The average molecular weight is 336 g/mol. The van der Waals surface area contributed by atoms with E-state index >= 15 is 0 Å². The van der Waals surface area contributed by atoms with Crippen LogP contribution >= 0.6 is 0 Å². The maximum absolute atomic E-state index is 13.2. The summed E-state index contributed by atoms with van der Waals surface area (Å²) in [5, 5.41) is 4.92. The summed E-state index contributed by atoms with van der Waals surface area (Å²) in [4.78, 5) is 26.3. The second-order valence-electron chi connectivity index (χ2n) is 6.60. The summed E-state index contributed by atoms with van der Waals surface area (Å²) in [6, 6.07) is 23.4. The Labute approximate surface area is 146 Å². The van der Waals surface area contributed by atoms with E-state index in [-0.39, 0.29) is 11.1 Å². The molecule has 4 aromatic carbocycles. The molecule has 6 aromatic rings. The fourth-order valence-corrected chi connectivity index (χ4v) is 4.15. The lowest BCUT2D eigenvalue weighted by Crippen LogP contribution is -2.21. The minimum Gasteiger partial charge on any atom is -0.267 e. The molecule has 0 fully saturated rings. The van der Waals surface area contributed by atoms with E-state index in [9.17, 15) is 9.59 Å². The van der Waals surface area contributed by atoms with Crippen molar-refractivity contribution in [3.8, 4) is 0 Å². The van der Waals surface area contributed by atoms with Crippen LogP contribution in [0.5, 0.6) is 0 Å². The largest absolute Gasteiger partial charge is 0.283 e. The second kappa shape index (κ2) is 4.49. The minimum absolute atomic E-state index is 0.262. The van der Waals surface area contributed by atoms with Gasteiger partial charge in [0.15, 0.2) is 0 Å². The van der Waals surface area contributed by atoms with Crippen LogP contribution in [0.25, 0.3) is 43.4 Å². The maximum Gasteiger partial charge on any atom is 0.283 e. The number of hydrogen-bond acceptors (Lipinski definition) is 2. The van der Waals surface area contributed by atoms with E-state index in [0.717, 1.165) is 32.6 Å². The first kappa shape index (κ1) is 13.6. The molecule has 122 valence electrons. The summed E-state index contributed by atoms with van der Waals surface area (Å²) in [6.45, 7) is 0. The lowest BCUT2D eigenvalue weighted by molar-refractivity contribution is 0.841. The van der Waals surface area contributed by atoms with E-state index < -0.39 is 0 Å². The van der Waals surface area contributed by atoms with Gasteiger partial charge in [-0.3, -0.25) is 9.59 Å². The molecule has 4 heteroatoms. The summed E-state index contributed by atoms with van der Waals surface area (Å²) in [7, 11) is 0. The monoisotopic (exact) mass is 336 g/mol. The van der Waals surface area contributed by atoms with Gasteiger partial charge in [0.1, 0.15) is 0 Å². The quantitative estimate of drug-likeness (QED) is 0.423. The Morgan fingerprint density at radius 1 is 0.500 bits per heavy atom. The van der Waals surface area contributed by atoms with Gasteiger partial charge in [0.2, 0.25) is 0 Å². The predicted molar refractivity (Wildman–Crippen MR) is 105 cm³/mol. The minimum atomic E-state index is -0.262. The van der Waals surface area contributed by atoms with Crippen molar-refractivity contribution in [2.75, 3.05) is 0 Å². The summed E-state index contributed by atoms with van der Waals surface area (Å²) in [5.74, 6) is 0. The van der Waals surface area contributed by atoms with Gasteiger partial charge < -0.3 is 0 Å². The van der Waals surface area contributed by atoms with Crippen LogP contribution in [0.3, 0.4) is 0 Å². The molecule has 2 heterocycles. The van der Waals surface area contributed by atoms with E-state index in [0.29, 0.717) is 10.8 Å². The second-order valence-corrected chi connectivity index (χ2v) is 6.60. The third-order valence-corrected chi connectivity index (χ3v) is 5.28. The molecule has 0 spiro atoms. The number of hydrogen-bond donors (Lipinski definition) is 0. The van der Waals surface area contributed by atoms with Crippen molar-refractivity contribution < 1.29 is 0 Å². The molecule has 0 radical (unpaired) electrons. The van der Waals surface area contributed by atoms with Gasteiger partial charge in [0.25, 0.3) is 11.1 Å². The molecule has 0 aliphatic heterocycles. The van der Waals surface area contributed by atoms with Gasteiger partial charge in [-0.05, 0) is 33.7 Å². The third kappa shape index (κ3) is 1.45. The van der Waals surface area contributed by atoms with Gasteiger partial charge in [0, 0.05) is 0 Å². The SMILES string of the molecule is O=c1c2c3ccccc3ccc2n2c3ccc4ccccc4c3c(=O)n12. The van der Waals surface area contributed by atoms with Crippen LogP contribution in [0.15, 0.2) is 82.4 Å². The van der Waals surface area contributed by atoms with Crippen LogP contribution in [0.4, 0.5) is 0 Å². The van der Waals surface area contributed by atoms with Gasteiger partial charge in [0.05, 0.1) is 21.8 Å². The Hall–Kier alpha value is -3.66. The van der Waals surface area contributed by atoms with Crippen LogP contribution in [0.2, 0.25) is 0 Å². The molecule has 6 rings (SSSR count). The maximum atomic E-state index is 13.2. The predicted octanol–water partition coefficient (Wildman–Crippen LogP) is 3.81. The molecule has 0 amide bonds. The number of fused-ring (bicyclic) bond motifs is 9. The Balaban J connectivity index is 1.99. The molecule has 0 unspecified atom stereocenters. The Morgan fingerprint density at radius 3 is 1.46 bits per heavy atom. The summed E-state index contributed by atoms with van der Waals surface area (Å²) >= 11 is 0. The van der Waals surface area contributed by atoms with Crippen LogP contribution in [-0.2, 0) is 0 Å². The summed E-state index contributed by atoms with van der Waals surface area (Å²) in [5.41, 5.74) is 0.997. The highest BCUT2D eigenvalue weighted by Crippen LogP contribution is 2.27. The van der Waals surface area contributed by atoms with Crippen LogP contribution < -0.4 is 11.1 Å². The lowest BCUT2D eigenvalue weighted by Gasteiger charge is -2.01. The van der Waals surface area contributed by atoms with Crippen molar-refractivity contribution in [1.82, 2.24) is 9.03 Å². The Bertz CT molecular complexity index is 1500. The van der Waals surface area contributed by atoms with Gasteiger partial charge in [-0.25, -0.2) is 4.52 Å². The number of nitrogens with zero attached hydrogens (tertiary/aromatic N) is 2. The fourth-order valence-electron chi connectivity index (χ4n) is 4.15. The van der Waals surface area contributed by atoms with Crippen molar-refractivity contribution in [3.63, 3.8) is 0 Å². The molecule has 0 saturated heterocycles. The van der Waals surface area contributed by atoms with Gasteiger partial charge in [-0.2, -0.15) is 4.52 Å². The first-order valence-corrected chi connectivity index (χ1v) is 8.48. The molecule has 26 heavy (non-hydrogen) atoms. The van der Waals surface area contributed by atoms with Crippen LogP contribution in [0, 0.1) is 0 Å². The smallest absolute Gasteiger partial charge is 0.267 e. The third-order valence-electron chi connectivity index (χ3n) is 5.28. The molecule has 2 aromatic heterocycles. The zero-order chi connectivity index (χ0) is 17.4. The molecule has 0 saturated carbocycles. The Morgan fingerprint density at radius 2 is 0.962 bits per heavy atom. The van der Waals surface area contributed by atoms with Crippen LogP contribution in [0.1, 0.15) is 0 Å². The van der Waals surface area contributed by atoms with Crippen molar-refractivity contribution in [2.45, 2.75) is 0 Å². The van der Waals surface area contributed by atoms with Gasteiger partial charge in [-0.1, -0.05) is 60.7 Å². The van der Waals surface area contributed by atoms with Gasteiger partial charge >= 0.3 is 0 Å². The number of aromatic nitrogens is 2. The fraction of sp³-hybridized carbons (Fsp3) is 0. The molecule has 0 bridgehead atoms. The van der Waals surface area contributed by atoms with Crippen molar-refractivity contribution in [2.24, 2.45) is 0 Å². The number of rotatable bonds is 0. The number of benzene rings is 4. The van der Waals surface area contributed by atoms with E-state index in [1.165, 1.54) is 4.52 Å². The van der Waals surface area contributed by atoms with Crippen LogP contribution in [-0.4, -0.2) is 9.03 Å². The molecule has 0 N–H and O–H groups in total. The summed E-state index contributed by atoms with van der Waals surface area (Å²) in [6.07, 6.45) is 0. The molecular formula is C22H12N2O2. The molecule has 0 aliphatic carbocycles. The van der Waals surface area contributed by atoms with E-state index in [1.54, 1.807) is 4.52 Å².